The van der Waals surface area contributed by atoms with Crippen LogP contribution in [0.15, 0.2) is 84.9 Å². The molecular weight excluding hydrogens is 643 g/mol. The average Bonchev–Trinajstić information content (AvgIpc) is 3.00. The monoisotopic (exact) mass is 668 g/mol. The number of benzene rings is 4. The van der Waals surface area contributed by atoms with Gasteiger partial charge in [-0.05, 0) is 65.6 Å². The van der Waals surface area contributed by atoms with Gasteiger partial charge in [-0.25, -0.2) is 17.6 Å². The van der Waals surface area contributed by atoms with E-state index >= 15 is 8.78 Å². The molecule has 1 fully saturated rings. The number of ether oxygens (including phenoxy) is 4. The summed E-state index contributed by atoms with van der Waals surface area (Å²) in [4.78, 5) is 0. The van der Waals surface area contributed by atoms with Gasteiger partial charge in [-0.15, -0.1) is 13.2 Å². The van der Waals surface area contributed by atoms with Crippen LogP contribution < -0.4 is 9.47 Å². The first-order valence-corrected chi connectivity index (χ1v) is 14.2. The molecule has 1 aliphatic rings. The third-order valence-electron chi connectivity index (χ3n) is 7.07. The van der Waals surface area contributed by atoms with Gasteiger partial charge in [0.25, 0.3) is 0 Å². The SMILES string of the molecule is CC/C=C/C1COC(c2cc(F)c(C(F)(F)Oc3ccc(-c4ccc(-c5ccc(OC(F)(F)F)c(F)c5)c(F)c4)cc3)c(F)c2)OC1. The van der Waals surface area contributed by atoms with Gasteiger partial charge in [-0.1, -0.05) is 49.4 Å². The van der Waals surface area contributed by atoms with Crippen LogP contribution in [0.2, 0.25) is 0 Å². The van der Waals surface area contributed by atoms with Gasteiger partial charge >= 0.3 is 12.5 Å². The van der Waals surface area contributed by atoms with Gasteiger partial charge < -0.3 is 18.9 Å². The predicted molar refractivity (Wildman–Crippen MR) is 152 cm³/mol. The molecule has 0 amide bonds. The van der Waals surface area contributed by atoms with E-state index in [1.54, 1.807) is 0 Å². The van der Waals surface area contributed by atoms with Crippen molar-refractivity contribution in [2.45, 2.75) is 32.1 Å². The molecule has 1 heterocycles. The predicted octanol–water partition coefficient (Wildman–Crippen LogP) is 10.2. The minimum atomic E-state index is -5.11. The molecule has 4 aromatic rings. The van der Waals surface area contributed by atoms with E-state index in [9.17, 15) is 30.7 Å². The topological polar surface area (TPSA) is 36.9 Å². The number of hydrogen-bond donors (Lipinski definition) is 0. The minimum absolute atomic E-state index is 0.0511. The Morgan fingerprint density at radius 1 is 0.702 bits per heavy atom. The Morgan fingerprint density at radius 2 is 1.30 bits per heavy atom. The van der Waals surface area contributed by atoms with E-state index in [2.05, 4.69) is 9.47 Å². The third kappa shape index (κ3) is 8.09. The normalized spacial score (nSPS) is 17.2. The molecular formula is C34H25F9O4. The van der Waals surface area contributed by atoms with Crippen LogP contribution in [-0.2, 0) is 15.6 Å². The van der Waals surface area contributed by atoms with Crippen molar-refractivity contribution < 1.29 is 58.5 Å². The van der Waals surface area contributed by atoms with Crippen LogP contribution >= 0.6 is 0 Å². The molecule has 0 spiro atoms. The molecule has 13 heteroatoms. The van der Waals surface area contributed by atoms with Crippen molar-refractivity contribution in [3.63, 3.8) is 0 Å². The van der Waals surface area contributed by atoms with E-state index in [1.807, 2.05) is 19.1 Å². The fourth-order valence-electron chi connectivity index (χ4n) is 4.88. The molecule has 0 saturated carbocycles. The van der Waals surface area contributed by atoms with Crippen molar-refractivity contribution in [1.29, 1.82) is 0 Å². The van der Waals surface area contributed by atoms with Crippen molar-refractivity contribution in [1.82, 2.24) is 0 Å². The van der Waals surface area contributed by atoms with E-state index in [0.29, 0.717) is 29.8 Å². The molecule has 0 unspecified atom stereocenters. The van der Waals surface area contributed by atoms with Crippen LogP contribution in [0.5, 0.6) is 11.5 Å². The Hall–Kier alpha value is -4.49. The lowest BCUT2D eigenvalue weighted by atomic mass is 9.99. The molecule has 1 aliphatic heterocycles. The van der Waals surface area contributed by atoms with E-state index in [0.717, 1.165) is 30.7 Å². The summed E-state index contributed by atoms with van der Waals surface area (Å²) in [5.41, 5.74) is -1.33. The summed E-state index contributed by atoms with van der Waals surface area (Å²) in [7, 11) is 0. The van der Waals surface area contributed by atoms with Crippen LogP contribution in [0.1, 0.15) is 30.8 Å². The number of halogens is 9. The lowest BCUT2D eigenvalue weighted by molar-refractivity contribution is -0.275. The Labute approximate surface area is 263 Å². The van der Waals surface area contributed by atoms with Crippen LogP contribution in [0.3, 0.4) is 0 Å². The highest BCUT2D eigenvalue weighted by Crippen LogP contribution is 2.38. The van der Waals surface area contributed by atoms with Crippen molar-refractivity contribution in [2.75, 3.05) is 13.2 Å². The highest BCUT2D eigenvalue weighted by atomic mass is 19.4. The van der Waals surface area contributed by atoms with E-state index in [4.69, 9.17) is 9.47 Å². The summed E-state index contributed by atoms with van der Waals surface area (Å²) >= 11 is 0. The molecule has 4 aromatic carbocycles. The van der Waals surface area contributed by atoms with Crippen molar-refractivity contribution in [3.05, 3.63) is 119 Å². The van der Waals surface area contributed by atoms with Crippen molar-refractivity contribution >= 4 is 0 Å². The van der Waals surface area contributed by atoms with Gasteiger partial charge in [-0.2, -0.15) is 8.78 Å². The van der Waals surface area contributed by atoms with Crippen molar-refractivity contribution in [3.8, 4) is 33.8 Å². The van der Waals surface area contributed by atoms with E-state index in [1.165, 1.54) is 24.3 Å². The number of rotatable bonds is 9. The van der Waals surface area contributed by atoms with Crippen LogP contribution in [-0.4, -0.2) is 19.6 Å². The molecule has 248 valence electrons. The summed E-state index contributed by atoms with van der Waals surface area (Å²) in [5.74, 6) is -6.94. The average molecular weight is 669 g/mol. The zero-order valence-electron chi connectivity index (χ0n) is 24.4. The maximum absolute atomic E-state index is 15.0. The Morgan fingerprint density at radius 3 is 1.87 bits per heavy atom. The summed E-state index contributed by atoms with van der Waals surface area (Å²) in [5, 5.41) is 0. The Balaban J connectivity index is 1.27. The highest BCUT2D eigenvalue weighted by Gasteiger charge is 2.42. The molecule has 0 aromatic heterocycles. The van der Waals surface area contributed by atoms with Crippen LogP contribution in [0.25, 0.3) is 22.3 Å². The molecule has 0 N–H and O–H groups in total. The maximum atomic E-state index is 15.0. The van der Waals surface area contributed by atoms with E-state index in [-0.39, 0.29) is 41.4 Å². The van der Waals surface area contributed by atoms with Crippen LogP contribution in [0.4, 0.5) is 39.5 Å². The number of hydrogen-bond acceptors (Lipinski definition) is 4. The smallest absolute Gasteiger partial charge is 0.429 e. The van der Waals surface area contributed by atoms with Gasteiger partial charge in [0.05, 0.1) is 13.2 Å². The summed E-state index contributed by atoms with van der Waals surface area (Å²) in [6, 6.07) is 12.3. The van der Waals surface area contributed by atoms with Gasteiger partial charge in [0.2, 0.25) is 0 Å². The number of allylic oxidation sites excluding steroid dienone is 1. The summed E-state index contributed by atoms with van der Waals surface area (Å²) < 4.78 is 145. The second-order valence-electron chi connectivity index (χ2n) is 10.5. The first-order valence-electron chi connectivity index (χ1n) is 14.2. The lowest BCUT2D eigenvalue weighted by Gasteiger charge is -2.28. The minimum Gasteiger partial charge on any atom is -0.429 e. The molecule has 0 atom stereocenters. The zero-order valence-corrected chi connectivity index (χ0v) is 24.4. The molecule has 5 rings (SSSR count). The third-order valence-corrected chi connectivity index (χ3v) is 7.07. The van der Waals surface area contributed by atoms with Gasteiger partial charge in [0.15, 0.2) is 17.9 Å². The van der Waals surface area contributed by atoms with Crippen LogP contribution in [0, 0.1) is 29.2 Å². The second kappa shape index (κ2) is 13.7. The van der Waals surface area contributed by atoms with Gasteiger partial charge in [0, 0.05) is 17.0 Å². The standard InChI is InChI=1S/C34H25F9O4/c1-2-3-4-19-17-44-32(45-18-19)23-15-28(37)31(29(38)16-23)33(39,40)46-24-9-5-20(6-10-24)21-7-11-25(26(35)13-21)22-8-12-30(27(36)14-22)47-34(41,42)43/h3-16,19,32H,2,17-18H2,1H3/b4-3+. The van der Waals surface area contributed by atoms with Gasteiger partial charge in [-0.3, -0.25) is 0 Å². The van der Waals surface area contributed by atoms with E-state index < -0.39 is 59.1 Å². The molecule has 0 aliphatic carbocycles. The fourth-order valence-corrected chi connectivity index (χ4v) is 4.88. The van der Waals surface area contributed by atoms with Gasteiger partial charge in [0.1, 0.15) is 28.8 Å². The van der Waals surface area contributed by atoms with Crippen molar-refractivity contribution in [2.24, 2.45) is 5.92 Å². The molecule has 4 nitrogen and oxygen atoms in total. The zero-order chi connectivity index (χ0) is 33.9. The Bertz CT molecular complexity index is 1720. The molecule has 0 radical (unpaired) electrons. The second-order valence-corrected chi connectivity index (χ2v) is 10.5. The largest absolute Gasteiger partial charge is 0.573 e. The lowest BCUT2D eigenvalue weighted by Crippen LogP contribution is -2.28. The summed E-state index contributed by atoms with van der Waals surface area (Å²) in [6.07, 6.45) is -6.04. The first-order chi connectivity index (χ1) is 22.2. The molecule has 1 saturated heterocycles. The quantitative estimate of drug-likeness (QED) is 0.131. The molecule has 0 bridgehead atoms. The number of alkyl halides is 5. The first kappa shape index (κ1) is 33.9. The summed E-state index contributed by atoms with van der Waals surface area (Å²) in [6.45, 7) is 2.39. The Kier molecular flexibility index (Phi) is 9.87. The fraction of sp³-hybridized carbons (Fsp3) is 0.235. The maximum Gasteiger partial charge on any atom is 0.573 e. The highest BCUT2D eigenvalue weighted by molar-refractivity contribution is 5.71. The molecule has 47 heavy (non-hydrogen) atoms.